The molecule has 0 bridgehead atoms. The van der Waals surface area contributed by atoms with E-state index in [1.54, 1.807) is 6.92 Å². The zero-order valence-corrected chi connectivity index (χ0v) is 13.8. The van der Waals surface area contributed by atoms with Crippen molar-refractivity contribution in [3.63, 3.8) is 0 Å². The van der Waals surface area contributed by atoms with E-state index in [0.717, 1.165) is 34.0 Å². The van der Waals surface area contributed by atoms with Crippen LogP contribution in [-0.4, -0.2) is 25.9 Å². The normalized spacial score (nSPS) is 11.6. The standard InChI is InChI=1S/C13H21N3O2S2/c1-8-7-9(2)12(11(4)10(8)3)20(17,18)16-5-6-19-13(14)15/h7,16H,5-6H2,1-4H3,(H3,14,15). The largest absolute Gasteiger partial charge is 0.379 e. The number of aryl methyl sites for hydroxylation is 2. The van der Waals surface area contributed by atoms with Gasteiger partial charge in [-0.3, -0.25) is 5.41 Å². The van der Waals surface area contributed by atoms with Gasteiger partial charge in [-0.2, -0.15) is 0 Å². The number of rotatable bonds is 5. The maximum Gasteiger partial charge on any atom is 0.241 e. The van der Waals surface area contributed by atoms with Gasteiger partial charge >= 0.3 is 0 Å². The zero-order chi connectivity index (χ0) is 15.5. The molecule has 20 heavy (non-hydrogen) atoms. The molecule has 0 aliphatic heterocycles. The summed E-state index contributed by atoms with van der Waals surface area (Å²) in [5.74, 6) is 0.442. The predicted molar refractivity (Wildman–Crippen MR) is 85.0 cm³/mol. The maximum absolute atomic E-state index is 12.4. The number of nitrogens with one attached hydrogen (secondary N) is 2. The first-order valence-electron chi connectivity index (χ1n) is 6.20. The monoisotopic (exact) mass is 315 g/mol. The molecular formula is C13H21N3O2S2. The predicted octanol–water partition coefficient (Wildman–Crippen LogP) is 1.83. The highest BCUT2D eigenvalue weighted by atomic mass is 32.2. The van der Waals surface area contributed by atoms with Crippen molar-refractivity contribution in [2.24, 2.45) is 5.73 Å². The number of thioether (sulfide) groups is 1. The summed E-state index contributed by atoms with van der Waals surface area (Å²) >= 11 is 1.12. The lowest BCUT2D eigenvalue weighted by atomic mass is 10.0. The lowest BCUT2D eigenvalue weighted by Gasteiger charge is -2.15. The molecule has 0 aromatic heterocycles. The third-order valence-corrected chi connectivity index (χ3v) is 5.68. The molecule has 0 fully saturated rings. The summed E-state index contributed by atoms with van der Waals surface area (Å²) in [4.78, 5) is 0.355. The molecule has 0 radical (unpaired) electrons. The van der Waals surface area contributed by atoms with E-state index in [0.29, 0.717) is 10.6 Å². The lowest BCUT2D eigenvalue weighted by Crippen LogP contribution is -2.28. The van der Waals surface area contributed by atoms with E-state index >= 15 is 0 Å². The van der Waals surface area contributed by atoms with Crippen LogP contribution in [0.2, 0.25) is 0 Å². The van der Waals surface area contributed by atoms with E-state index < -0.39 is 10.0 Å². The first-order chi connectivity index (χ1) is 9.16. The molecule has 0 amide bonds. The summed E-state index contributed by atoms with van der Waals surface area (Å²) < 4.78 is 27.3. The maximum atomic E-state index is 12.4. The Hall–Kier alpha value is -1.05. The summed E-state index contributed by atoms with van der Waals surface area (Å²) in [5.41, 5.74) is 8.82. The van der Waals surface area contributed by atoms with E-state index in [-0.39, 0.29) is 11.7 Å². The number of nitrogens with two attached hydrogens (primary N) is 1. The van der Waals surface area contributed by atoms with Crippen LogP contribution < -0.4 is 10.5 Å². The van der Waals surface area contributed by atoms with Crippen molar-refractivity contribution in [1.82, 2.24) is 4.72 Å². The van der Waals surface area contributed by atoms with E-state index in [1.165, 1.54) is 0 Å². The van der Waals surface area contributed by atoms with Crippen LogP contribution in [0.1, 0.15) is 22.3 Å². The zero-order valence-electron chi connectivity index (χ0n) is 12.2. The third-order valence-electron chi connectivity index (χ3n) is 3.21. The molecule has 7 heteroatoms. The molecule has 5 nitrogen and oxygen atoms in total. The Morgan fingerprint density at radius 1 is 1.25 bits per heavy atom. The quantitative estimate of drug-likeness (QED) is 0.439. The van der Waals surface area contributed by atoms with E-state index in [4.69, 9.17) is 11.1 Å². The number of hydrogen-bond donors (Lipinski definition) is 3. The molecule has 0 atom stereocenters. The average molecular weight is 315 g/mol. The van der Waals surface area contributed by atoms with Gasteiger partial charge in [0.05, 0.1) is 4.90 Å². The summed E-state index contributed by atoms with van der Waals surface area (Å²) in [6.07, 6.45) is 0. The molecule has 0 saturated heterocycles. The van der Waals surface area contributed by atoms with Crippen LogP contribution in [0, 0.1) is 33.1 Å². The smallest absolute Gasteiger partial charge is 0.241 e. The van der Waals surface area contributed by atoms with Gasteiger partial charge in [-0.1, -0.05) is 17.8 Å². The van der Waals surface area contributed by atoms with Gasteiger partial charge in [0.15, 0.2) is 5.17 Å². The third kappa shape index (κ3) is 3.97. The van der Waals surface area contributed by atoms with Crippen molar-refractivity contribution in [3.8, 4) is 0 Å². The van der Waals surface area contributed by atoms with Crippen LogP contribution in [0.25, 0.3) is 0 Å². The van der Waals surface area contributed by atoms with Gasteiger partial charge in [0.1, 0.15) is 0 Å². The van der Waals surface area contributed by atoms with Gasteiger partial charge in [0.25, 0.3) is 0 Å². The van der Waals surface area contributed by atoms with Crippen LogP contribution in [-0.2, 0) is 10.0 Å². The van der Waals surface area contributed by atoms with Crippen molar-refractivity contribution >= 4 is 27.0 Å². The minimum absolute atomic E-state index is 0.0114. The first-order valence-corrected chi connectivity index (χ1v) is 8.67. The van der Waals surface area contributed by atoms with Gasteiger partial charge in [-0.05, 0) is 49.9 Å². The van der Waals surface area contributed by atoms with Gasteiger partial charge in [-0.15, -0.1) is 0 Å². The molecular weight excluding hydrogens is 294 g/mol. The van der Waals surface area contributed by atoms with E-state index in [9.17, 15) is 8.42 Å². The molecule has 1 rings (SSSR count). The Balaban J connectivity index is 2.99. The van der Waals surface area contributed by atoms with Crippen LogP contribution in [0.3, 0.4) is 0 Å². The van der Waals surface area contributed by atoms with Crippen molar-refractivity contribution in [2.45, 2.75) is 32.6 Å². The van der Waals surface area contributed by atoms with Crippen LogP contribution >= 0.6 is 11.8 Å². The summed E-state index contributed by atoms with van der Waals surface area (Å²) in [7, 11) is -3.53. The fourth-order valence-corrected chi connectivity index (χ4v) is 4.19. The fraction of sp³-hybridized carbons (Fsp3) is 0.462. The second-order valence-electron chi connectivity index (χ2n) is 4.70. The van der Waals surface area contributed by atoms with Crippen LogP contribution in [0.4, 0.5) is 0 Å². The molecule has 112 valence electrons. The molecule has 1 aromatic rings. The number of hydrogen-bond acceptors (Lipinski definition) is 4. The Labute approximate surface area is 124 Å². The Morgan fingerprint density at radius 2 is 1.85 bits per heavy atom. The van der Waals surface area contributed by atoms with Crippen molar-refractivity contribution in [3.05, 3.63) is 28.3 Å². The Bertz CT molecular complexity index is 625. The second-order valence-corrected chi connectivity index (χ2v) is 7.54. The van der Waals surface area contributed by atoms with Gasteiger partial charge in [0.2, 0.25) is 10.0 Å². The summed E-state index contributed by atoms with van der Waals surface area (Å²) in [6, 6.07) is 1.89. The first kappa shape index (κ1) is 17.0. The van der Waals surface area contributed by atoms with Crippen molar-refractivity contribution in [1.29, 1.82) is 5.41 Å². The average Bonchev–Trinajstić information content (AvgIpc) is 2.31. The highest BCUT2D eigenvalue weighted by molar-refractivity contribution is 8.13. The summed E-state index contributed by atoms with van der Waals surface area (Å²) in [6.45, 7) is 7.78. The van der Waals surface area contributed by atoms with Crippen molar-refractivity contribution in [2.75, 3.05) is 12.3 Å². The topological polar surface area (TPSA) is 96.0 Å². The molecule has 0 aliphatic rings. The Kier molecular flexibility index (Phi) is 5.61. The molecule has 0 heterocycles. The highest BCUT2D eigenvalue weighted by Crippen LogP contribution is 2.25. The lowest BCUT2D eigenvalue weighted by molar-refractivity contribution is 0.582. The molecule has 0 saturated carbocycles. The molecule has 0 spiro atoms. The van der Waals surface area contributed by atoms with Crippen LogP contribution in [0.15, 0.2) is 11.0 Å². The minimum Gasteiger partial charge on any atom is -0.379 e. The number of amidine groups is 1. The molecule has 0 unspecified atom stereocenters. The Morgan fingerprint density at radius 3 is 2.40 bits per heavy atom. The van der Waals surface area contributed by atoms with Crippen LogP contribution in [0.5, 0.6) is 0 Å². The van der Waals surface area contributed by atoms with Gasteiger partial charge < -0.3 is 5.73 Å². The van der Waals surface area contributed by atoms with E-state index in [2.05, 4.69) is 4.72 Å². The molecule has 1 aromatic carbocycles. The fourth-order valence-electron chi connectivity index (χ4n) is 2.08. The van der Waals surface area contributed by atoms with Gasteiger partial charge in [-0.25, -0.2) is 13.1 Å². The second kappa shape index (κ2) is 6.60. The SMILES string of the molecule is Cc1cc(C)c(S(=O)(=O)NCCSC(=N)N)c(C)c1C. The highest BCUT2D eigenvalue weighted by Gasteiger charge is 2.21. The van der Waals surface area contributed by atoms with Gasteiger partial charge in [0, 0.05) is 12.3 Å². The molecule has 0 aliphatic carbocycles. The number of benzene rings is 1. The number of sulfonamides is 1. The molecule has 4 N–H and O–H groups in total. The minimum atomic E-state index is -3.53. The summed E-state index contributed by atoms with van der Waals surface area (Å²) in [5, 5.41) is 7.06. The van der Waals surface area contributed by atoms with Crippen molar-refractivity contribution < 1.29 is 8.42 Å². The van der Waals surface area contributed by atoms with E-state index in [1.807, 2.05) is 26.8 Å².